The van der Waals surface area contributed by atoms with Gasteiger partial charge in [0.1, 0.15) is 17.3 Å². The molecule has 5 heteroatoms. The maximum atomic E-state index is 5.35. The Labute approximate surface area is 125 Å². The number of hydrogen-bond donors (Lipinski definition) is 0. The van der Waals surface area contributed by atoms with E-state index in [0.717, 1.165) is 42.4 Å². The van der Waals surface area contributed by atoms with E-state index < -0.39 is 0 Å². The van der Waals surface area contributed by atoms with Gasteiger partial charge in [0.2, 0.25) is 0 Å². The largest absolute Gasteiger partial charge is 0.497 e. The lowest BCUT2D eigenvalue weighted by molar-refractivity contribution is 0.392. The number of benzene rings is 1. The molecule has 3 rings (SSSR count). The summed E-state index contributed by atoms with van der Waals surface area (Å²) in [4.78, 5) is 6.89. The van der Waals surface area contributed by atoms with E-state index in [-0.39, 0.29) is 0 Å². The van der Waals surface area contributed by atoms with Crippen LogP contribution in [0.4, 0.5) is 0 Å². The molecule has 112 valence electrons. The average Bonchev–Trinajstić information content (AvgIpc) is 3.14. The van der Waals surface area contributed by atoms with E-state index >= 15 is 0 Å². The molecule has 0 aliphatic carbocycles. The van der Waals surface area contributed by atoms with Crippen molar-refractivity contribution in [1.29, 1.82) is 0 Å². The Balaban J connectivity index is 1.99. The van der Waals surface area contributed by atoms with Crippen LogP contribution in [0.5, 0.6) is 11.5 Å². The smallest absolute Gasteiger partial charge is 0.140 e. The molecule has 1 atom stereocenters. The fourth-order valence-corrected chi connectivity index (χ4v) is 2.91. The van der Waals surface area contributed by atoms with E-state index in [1.54, 1.807) is 14.2 Å². The van der Waals surface area contributed by atoms with Gasteiger partial charge in [0.05, 0.1) is 14.2 Å². The Bertz CT molecular complexity index is 601. The number of rotatable bonds is 4. The fourth-order valence-electron chi connectivity index (χ4n) is 2.91. The molecule has 0 spiro atoms. The third-order valence-electron chi connectivity index (χ3n) is 4.04. The highest BCUT2D eigenvalue weighted by atomic mass is 16.5. The fraction of sp³-hybridized carbons (Fsp3) is 0.438. The van der Waals surface area contributed by atoms with Gasteiger partial charge in [-0.2, -0.15) is 0 Å². The van der Waals surface area contributed by atoms with Crippen LogP contribution in [-0.2, 0) is 0 Å². The van der Waals surface area contributed by atoms with Gasteiger partial charge < -0.3 is 18.9 Å². The van der Waals surface area contributed by atoms with Gasteiger partial charge in [-0.1, -0.05) is 0 Å². The van der Waals surface area contributed by atoms with Gasteiger partial charge in [0.25, 0.3) is 0 Å². The first-order valence-corrected chi connectivity index (χ1v) is 7.16. The van der Waals surface area contributed by atoms with Crippen molar-refractivity contribution < 1.29 is 9.47 Å². The van der Waals surface area contributed by atoms with Crippen LogP contribution in [0.15, 0.2) is 30.6 Å². The number of methoxy groups -OCH3 is 2. The van der Waals surface area contributed by atoms with Gasteiger partial charge in [-0.25, -0.2) is 4.98 Å². The van der Waals surface area contributed by atoms with Gasteiger partial charge in [0, 0.05) is 36.6 Å². The topological polar surface area (TPSA) is 39.5 Å². The van der Waals surface area contributed by atoms with Crippen molar-refractivity contribution in [1.82, 2.24) is 14.5 Å². The third kappa shape index (κ3) is 2.74. The van der Waals surface area contributed by atoms with Crippen molar-refractivity contribution in [3.8, 4) is 22.9 Å². The summed E-state index contributed by atoms with van der Waals surface area (Å²) < 4.78 is 13.0. The standard InChI is InChI=1S/C16H21N3O2/c1-18-6-4-13(11-18)19-7-5-17-16(19)12-8-14(20-2)10-15(9-12)21-3/h5,7-10,13H,4,6,11H2,1-3H3. The molecule has 0 N–H and O–H groups in total. The normalized spacial score (nSPS) is 18.9. The molecule has 1 aromatic heterocycles. The van der Waals surface area contributed by atoms with Crippen LogP contribution in [0.1, 0.15) is 12.5 Å². The van der Waals surface area contributed by atoms with Crippen LogP contribution in [0.2, 0.25) is 0 Å². The minimum absolute atomic E-state index is 0.477. The van der Waals surface area contributed by atoms with E-state index in [1.165, 1.54) is 0 Å². The summed E-state index contributed by atoms with van der Waals surface area (Å²) in [6, 6.07) is 6.35. The lowest BCUT2D eigenvalue weighted by Gasteiger charge is -2.16. The van der Waals surface area contributed by atoms with Crippen molar-refractivity contribution in [3.05, 3.63) is 30.6 Å². The van der Waals surface area contributed by atoms with Gasteiger partial charge in [-0.15, -0.1) is 0 Å². The minimum atomic E-state index is 0.477. The molecular formula is C16H21N3O2. The maximum Gasteiger partial charge on any atom is 0.140 e. The number of imidazole rings is 1. The molecule has 1 fully saturated rings. The molecule has 1 aliphatic rings. The molecule has 2 heterocycles. The second-order valence-electron chi connectivity index (χ2n) is 5.46. The zero-order valence-electron chi connectivity index (χ0n) is 12.7. The molecule has 0 amide bonds. The highest BCUT2D eigenvalue weighted by molar-refractivity contribution is 5.61. The van der Waals surface area contributed by atoms with Crippen molar-refractivity contribution in [2.24, 2.45) is 0 Å². The minimum Gasteiger partial charge on any atom is -0.497 e. The van der Waals surface area contributed by atoms with Gasteiger partial charge in [-0.3, -0.25) is 0 Å². The van der Waals surface area contributed by atoms with Crippen molar-refractivity contribution in [2.45, 2.75) is 12.5 Å². The highest BCUT2D eigenvalue weighted by Crippen LogP contribution is 2.31. The van der Waals surface area contributed by atoms with Crippen LogP contribution in [-0.4, -0.2) is 48.8 Å². The number of hydrogen-bond acceptors (Lipinski definition) is 4. The van der Waals surface area contributed by atoms with Gasteiger partial charge >= 0.3 is 0 Å². The predicted molar refractivity (Wildman–Crippen MR) is 81.9 cm³/mol. The lowest BCUT2D eigenvalue weighted by atomic mass is 10.1. The Morgan fingerprint density at radius 3 is 2.43 bits per heavy atom. The summed E-state index contributed by atoms with van der Waals surface area (Å²) in [6.45, 7) is 2.19. The average molecular weight is 287 g/mol. The second-order valence-corrected chi connectivity index (χ2v) is 5.46. The highest BCUT2D eigenvalue weighted by Gasteiger charge is 2.23. The lowest BCUT2D eigenvalue weighted by Crippen LogP contribution is -2.16. The predicted octanol–water partition coefficient (Wildman–Crippen LogP) is 2.44. The van der Waals surface area contributed by atoms with Gasteiger partial charge in [-0.05, 0) is 32.1 Å². The quantitative estimate of drug-likeness (QED) is 0.866. The molecule has 21 heavy (non-hydrogen) atoms. The Morgan fingerprint density at radius 1 is 1.14 bits per heavy atom. The Kier molecular flexibility index (Phi) is 3.84. The summed E-state index contributed by atoms with van der Waals surface area (Å²) in [7, 11) is 5.49. The third-order valence-corrected chi connectivity index (χ3v) is 4.04. The SMILES string of the molecule is COc1cc(OC)cc(-c2nccn2C2CCN(C)C2)c1. The van der Waals surface area contributed by atoms with E-state index in [9.17, 15) is 0 Å². The number of ether oxygens (including phenoxy) is 2. The first kappa shape index (κ1) is 13.9. The summed E-state index contributed by atoms with van der Waals surface area (Å²) in [5, 5.41) is 0. The molecule has 5 nitrogen and oxygen atoms in total. The van der Waals surface area contributed by atoms with Gasteiger partial charge in [0.15, 0.2) is 0 Å². The molecule has 0 saturated carbocycles. The molecule has 1 saturated heterocycles. The molecule has 1 aromatic carbocycles. The van der Waals surface area contributed by atoms with Crippen molar-refractivity contribution in [3.63, 3.8) is 0 Å². The first-order valence-electron chi connectivity index (χ1n) is 7.16. The summed E-state index contributed by atoms with van der Waals surface area (Å²) in [5.74, 6) is 2.53. The molecule has 1 unspecified atom stereocenters. The zero-order valence-corrected chi connectivity index (χ0v) is 12.7. The number of likely N-dealkylation sites (tertiary alicyclic amines) is 1. The zero-order chi connectivity index (χ0) is 14.8. The van der Waals surface area contributed by atoms with E-state index in [1.807, 2.05) is 24.4 Å². The maximum absolute atomic E-state index is 5.35. The van der Waals surface area contributed by atoms with E-state index in [2.05, 4.69) is 27.7 Å². The van der Waals surface area contributed by atoms with Crippen LogP contribution in [0.3, 0.4) is 0 Å². The van der Waals surface area contributed by atoms with E-state index in [4.69, 9.17) is 9.47 Å². The summed E-state index contributed by atoms with van der Waals surface area (Å²) in [5.41, 5.74) is 1.02. The number of nitrogens with zero attached hydrogens (tertiary/aromatic N) is 3. The number of aromatic nitrogens is 2. The monoisotopic (exact) mass is 287 g/mol. The van der Waals surface area contributed by atoms with Crippen LogP contribution in [0.25, 0.3) is 11.4 Å². The molecular weight excluding hydrogens is 266 g/mol. The Hall–Kier alpha value is -2.01. The van der Waals surface area contributed by atoms with Crippen LogP contribution in [0, 0.1) is 0 Å². The number of likely N-dealkylation sites (N-methyl/N-ethyl adjacent to an activating group) is 1. The van der Waals surface area contributed by atoms with E-state index in [0.29, 0.717) is 6.04 Å². The molecule has 2 aromatic rings. The second kappa shape index (κ2) is 5.77. The van der Waals surface area contributed by atoms with Crippen molar-refractivity contribution >= 4 is 0 Å². The Morgan fingerprint density at radius 2 is 1.86 bits per heavy atom. The summed E-state index contributed by atoms with van der Waals surface area (Å²) in [6.07, 6.45) is 5.08. The van der Waals surface area contributed by atoms with Crippen molar-refractivity contribution in [2.75, 3.05) is 34.4 Å². The summed E-state index contributed by atoms with van der Waals surface area (Å²) >= 11 is 0. The molecule has 0 bridgehead atoms. The molecule has 1 aliphatic heterocycles. The van der Waals surface area contributed by atoms with Crippen LogP contribution >= 0.6 is 0 Å². The van der Waals surface area contributed by atoms with Crippen LogP contribution < -0.4 is 9.47 Å². The first-order chi connectivity index (χ1) is 10.2. The molecule has 0 radical (unpaired) electrons.